The second-order valence-electron chi connectivity index (χ2n) is 4.12. The lowest BCUT2D eigenvalue weighted by molar-refractivity contribution is -0.123. The maximum absolute atomic E-state index is 11.5. The molecule has 1 fully saturated rings. The van der Waals surface area contributed by atoms with Gasteiger partial charge in [-0.3, -0.25) is 4.79 Å². The van der Waals surface area contributed by atoms with Gasteiger partial charge in [0.1, 0.15) is 0 Å². The van der Waals surface area contributed by atoms with Gasteiger partial charge in [0.2, 0.25) is 5.91 Å². The summed E-state index contributed by atoms with van der Waals surface area (Å²) in [6.45, 7) is 4.01. The molecule has 82 valence electrons. The zero-order chi connectivity index (χ0) is 10.6. The van der Waals surface area contributed by atoms with Gasteiger partial charge in [-0.2, -0.15) is 0 Å². The van der Waals surface area contributed by atoms with Crippen LogP contribution in [0, 0.1) is 0 Å². The predicted molar refractivity (Wildman–Crippen MR) is 56.9 cm³/mol. The number of nitrogens with zero attached hydrogens (tertiary/aromatic N) is 1. The molecule has 0 aromatic heterocycles. The van der Waals surface area contributed by atoms with Crippen molar-refractivity contribution in [1.82, 2.24) is 10.2 Å². The van der Waals surface area contributed by atoms with Crippen LogP contribution < -0.4 is 11.1 Å². The molecule has 0 aromatic carbocycles. The number of hydrogen-bond acceptors (Lipinski definition) is 3. The maximum atomic E-state index is 11.5. The number of carbonyl (C=O) groups is 1. The number of likely N-dealkylation sites (N-methyl/N-ethyl adjacent to an activating group) is 1. The number of hydrogen-bond donors (Lipinski definition) is 2. The lowest BCUT2D eigenvalue weighted by Gasteiger charge is -2.30. The van der Waals surface area contributed by atoms with E-state index in [1.807, 2.05) is 6.92 Å². The number of amides is 1. The molecule has 3 N–H and O–H groups in total. The van der Waals surface area contributed by atoms with E-state index in [4.69, 9.17) is 5.73 Å². The molecule has 1 rings (SSSR count). The summed E-state index contributed by atoms with van der Waals surface area (Å²) in [6.07, 6.45) is 2.93. The monoisotopic (exact) mass is 199 g/mol. The fourth-order valence-corrected chi connectivity index (χ4v) is 1.78. The Bertz CT molecular complexity index is 196. The number of piperidine rings is 1. The summed E-state index contributed by atoms with van der Waals surface area (Å²) in [5.41, 5.74) is 5.64. The Morgan fingerprint density at radius 3 is 3.00 bits per heavy atom. The van der Waals surface area contributed by atoms with Crippen LogP contribution in [0.5, 0.6) is 0 Å². The molecule has 1 heterocycles. The average molecular weight is 199 g/mol. The van der Waals surface area contributed by atoms with Crippen molar-refractivity contribution in [2.75, 3.05) is 20.1 Å². The SMILES string of the molecule is CC[C@@H](N)C(=O)NC1CCCN(C)C1. The molecule has 4 heteroatoms. The van der Waals surface area contributed by atoms with Crippen LogP contribution >= 0.6 is 0 Å². The smallest absolute Gasteiger partial charge is 0.237 e. The van der Waals surface area contributed by atoms with E-state index < -0.39 is 0 Å². The first-order chi connectivity index (χ1) is 6.63. The van der Waals surface area contributed by atoms with Crippen LogP contribution in [0.25, 0.3) is 0 Å². The third-order valence-corrected chi connectivity index (χ3v) is 2.75. The average Bonchev–Trinajstić information content (AvgIpc) is 2.16. The van der Waals surface area contributed by atoms with Gasteiger partial charge in [0.05, 0.1) is 6.04 Å². The van der Waals surface area contributed by atoms with E-state index in [1.54, 1.807) is 0 Å². The fourth-order valence-electron chi connectivity index (χ4n) is 1.78. The third kappa shape index (κ3) is 3.27. The molecule has 2 atom stereocenters. The number of nitrogens with two attached hydrogens (primary N) is 1. The van der Waals surface area contributed by atoms with E-state index >= 15 is 0 Å². The second-order valence-corrected chi connectivity index (χ2v) is 4.12. The molecule has 1 aliphatic rings. The van der Waals surface area contributed by atoms with Crippen LogP contribution in [0.4, 0.5) is 0 Å². The van der Waals surface area contributed by atoms with Crippen molar-refractivity contribution in [1.29, 1.82) is 0 Å². The summed E-state index contributed by atoms with van der Waals surface area (Å²) in [4.78, 5) is 13.7. The Labute approximate surface area is 85.8 Å². The molecule has 14 heavy (non-hydrogen) atoms. The second kappa shape index (κ2) is 5.32. The first kappa shape index (κ1) is 11.5. The number of nitrogens with one attached hydrogen (secondary N) is 1. The van der Waals surface area contributed by atoms with Crippen molar-refractivity contribution in [2.24, 2.45) is 5.73 Å². The topological polar surface area (TPSA) is 58.4 Å². The van der Waals surface area contributed by atoms with Gasteiger partial charge >= 0.3 is 0 Å². The van der Waals surface area contributed by atoms with Crippen LogP contribution in [0.2, 0.25) is 0 Å². The summed E-state index contributed by atoms with van der Waals surface area (Å²) in [5, 5.41) is 2.99. The molecule has 0 spiro atoms. The minimum Gasteiger partial charge on any atom is -0.351 e. The van der Waals surface area contributed by atoms with Crippen molar-refractivity contribution >= 4 is 5.91 Å². The minimum absolute atomic E-state index is 0.00667. The number of rotatable bonds is 3. The van der Waals surface area contributed by atoms with Gasteiger partial charge < -0.3 is 16.0 Å². The Hall–Kier alpha value is -0.610. The van der Waals surface area contributed by atoms with Gasteiger partial charge in [-0.25, -0.2) is 0 Å². The molecule has 0 saturated carbocycles. The number of likely N-dealkylation sites (tertiary alicyclic amines) is 1. The molecule has 4 nitrogen and oxygen atoms in total. The van der Waals surface area contributed by atoms with E-state index in [0.29, 0.717) is 12.5 Å². The van der Waals surface area contributed by atoms with Crippen LogP contribution in [-0.4, -0.2) is 43.0 Å². The summed E-state index contributed by atoms with van der Waals surface area (Å²) in [7, 11) is 2.08. The lowest BCUT2D eigenvalue weighted by Crippen LogP contribution is -2.50. The first-order valence-electron chi connectivity index (χ1n) is 5.38. The van der Waals surface area contributed by atoms with E-state index in [-0.39, 0.29) is 11.9 Å². The summed E-state index contributed by atoms with van der Waals surface area (Å²) in [6, 6.07) is -0.0546. The third-order valence-electron chi connectivity index (χ3n) is 2.75. The predicted octanol–water partition coefficient (Wildman–Crippen LogP) is -0.0659. The summed E-state index contributed by atoms with van der Waals surface area (Å²) in [5.74, 6) is -0.00667. The standard InChI is InChI=1S/C10H21N3O/c1-3-9(11)10(14)12-8-5-4-6-13(2)7-8/h8-9H,3-7,11H2,1-2H3,(H,12,14)/t8?,9-/m1/s1. The molecular weight excluding hydrogens is 178 g/mol. The Morgan fingerprint density at radius 2 is 2.43 bits per heavy atom. The van der Waals surface area contributed by atoms with Crippen molar-refractivity contribution in [3.05, 3.63) is 0 Å². The van der Waals surface area contributed by atoms with Gasteiger partial charge in [-0.15, -0.1) is 0 Å². The summed E-state index contributed by atoms with van der Waals surface area (Å²) < 4.78 is 0. The van der Waals surface area contributed by atoms with Gasteiger partial charge in [-0.1, -0.05) is 6.92 Å². The van der Waals surface area contributed by atoms with Crippen molar-refractivity contribution < 1.29 is 4.79 Å². The Balaban J connectivity index is 2.32. The van der Waals surface area contributed by atoms with E-state index in [9.17, 15) is 4.79 Å². The number of carbonyl (C=O) groups excluding carboxylic acids is 1. The quantitative estimate of drug-likeness (QED) is 0.669. The molecule has 1 unspecified atom stereocenters. The Morgan fingerprint density at radius 1 is 1.71 bits per heavy atom. The normalized spacial score (nSPS) is 25.8. The molecule has 0 aliphatic carbocycles. The van der Waals surface area contributed by atoms with Crippen molar-refractivity contribution in [3.8, 4) is 0 Å². The van der Waals surface area contributed by atoms with E-state index in [2.05, 4.69) is 17.3 Å². The van der Waals surface area contributed by atoms with Gasteiger partial charge in [0.25, 0.3) is 0 Å². The van der Waals surface area contributed by atoms with E-state index in [0.717, 1.165) is 25.9 Å². The van der Waals surface area contributed by atoms with Gasteiger partial charge in [0, 0.05) is 12.6 Å². The zero-order valence-corrected chi connectivity index (χ0v) is 9.12. The fraction of sp³-hybridized carbons (Fsp3) is 0.900. The molecule has 1 aliphatic heterocycles. The van der Waals surface area contributed by atoms with Crippen LogP contribution in [-0.2, 0) is 4.79 Å². The molecule has 0 aromatic rings. The van der Waals surface area contributed by atoms with Crippen LogP contribution in [0.3, 0.4) is 0 Å². The van der Waals surface area contributed by atoms with Crippen molar-refractivity contribution in [3.63, 3.8) is 0 Å². The maximum Gasteiger partial charge on any atom is 0.237 e. The highest BCUT2D eigenvalue weighted by Gasteiger charge is 2.20. The minimum atomic E-state index is -0.345. The summed E-state index contributed by atoms with van der Waals surface area (Å²) >= 11 is 0. The molecule has 1 saturated heterocycles. The van der Waals surface area contributed by atoms with Gasteiger partial charge in [0.15, 0.2) is 0 Å². The molecule has 0 radical (unpaired) electrons. The largest absolute Gasteiger partial charge is 0.351 e. The first-order valence-corrected chi connectivity index (χ1v) is 5.38. The van der Waals surface area contributed by atoms with Crippen LogP contribution in [0.15, 0.2) is 0 Å². The van der Waals surface area contributed by atoms with E-state index in [1.165, 1.54) is 0 Å². The lowest BCUT2D eigenvalue weighted by atomic mass is 10.1. The Kier molecular flexibility index (Phi) is 4.35. The van der Waals surface area contributed by atoms with Crippen molar-refractivity contribution in [2.45, 2.75) is 38.3 Å². The van der Waals surface area contributed by atoms with Crippen LogP contribution in [0.1, 0.15) is 26.2 Å². The highest BCUT2D eigenvalue weighted by molar-refractivity contribution is 5.81. The highest BCUT2D eigenvalue weighted by Crippen LogP contribution is 2.07. The molecular formula is C10H21N3O. The highest BCUT2D eigenvalue weighted by atomic mass is 16.2. The zero-order valence-electron chi connectivity index (χ0n) is 9.12. The van der Waals surface area contributed by atoms with Gasteiger partial charge in [-0.05, 0) is 32.9 Å². The molecule has 1 amide bonds. The molecule has 0 bridgehead atoms.